The van der Waals surface area contributed by atoms with Crippen molar-refractivity contribution in [1.82, 2.24) is 0 Å². The molecule has 2 aliphatic heterocycles. The van der Waals surface area contributed by atoms with Crippen molar-refractivity contribution in [2.75, 3.05) is 26.3 Å². The Hall–Kier alpha value is -1.91. The van der Waals surface area contributed by atoms with Gasteiger partial charge < -0.3 is 25.2 Å². The zero-order valence-corrected chi connectivity index (χ0v) is 27.5. The summed E-state index contributed by atoms with van der Waals surface area (Å²) in [5.41, 5.74) is 4.43. The number of carbonyl (C=O) groups is 3. The second kappa shape index (κ2) is 13.7. The minimum atomic E-state index is -1.88. The largest absolute Gasteiger partial charge is 0.463 e. The van der Waals surface area contributed by atoms with Crippen molar-refractivity contribution in [1.29, 1.82) is 0 Å². The van der Waals surface area contributed by atoms with Gasteiger partial charge in [0.05, 0.1) is 32.3 Å². The summed E-state index contributed by atoms with van der Waals surface area (Å²) in [7, 11) is 0. The number of Topliss-reactive ketones (excluding diaryl/α,β-unsaturated/α-hetero) is 2. The van der Waals surface area contributed by atoms with E-state index in [0.29, 0.717) is 42.2 Å². The summed E-state index contributed by atoms with van der Waals surface area (Å²) in [6, 6.07) is 0.351. The van der Waals surface area contributed by atoms with Crippen molar-refractivity contribution in [2.24, 2.45) is 41.2 Å². The van der Waals surface area contributed by atoms with Gasteiger partial charge in [0, 0.05) is 37.0 Å². The lowest BCUT2D eigenvalue weighted by atomic mass is 9.60. The third-order valence-electron chi connectivity index (χ3n) is 12.6. The SMILES string of the molecule is CC[NH2+][C@@H]1C[C@@H]2C=CCC[C@H]2C[C@@H]1COC(=O)[C@]12O[C@@]1(CC(CO)=C(C)CCC1CC[NH2+]C(N)C1)C(=O)C1CCCCC1C2=O. The van der Waals surface area contributed by atoms with Gasteiger partial charge in [0.15, 0.2) is 17.2 Å². The number of fused-ring (bicyclic) bond motifs is 3. The van der Waals surface area contributed by atoms with Crippen LogP contribution >= 0.6 is 0 Å². The Kier molecular flexibility index (Phi) is 10.0. The number of quaternary nitrogens is 2. The molecule has 5 fully saturated rings. The van der Waals surface area contributed by atoms with Crippen LogP contribution in [0.2, 0.25) is 0 Å². The number of hydrogen-bond donors (Lipinski definition) is 4. The van der Waals surface area contributed by atoms with E-state index in [0.717, 1.165) is 82.9 Å². The van der Waals surface area contributed by atoms with Gasteiger partial charge in [-0.15, -0.1) is 0 Å². The van der Waals surface area contributed by atoms with Crippen LogP contribution in [-0.2, 0) is 23.9 Å². The van der Waals surface area contributed by atoms with Gasteiger partial charge in [0.25, 0.3) is 5.60 Å². The molecule has 9 nitrogen and oxygen atoms in total. The van der Waals surface area contributed by atoms with Crippen LogP contribution in [0.4, 0.5) is 0 Å². The summed E-state index contributed by atoms with van der Waals surface area (Å²) in [6.07, 6.45) is 16.1. The summed E-state index contributed by atoms with van der Waals surface area (Å²) < 4.78 is 12.4. The lowest BCUT2D eigenvalue weighted by Crippen LogP contribution is -2.94. The highest BCUT2D eigenvalue weighted by molar-refractivity contribution is 6.23. The van der Waals surface area contributed by atoms with Gasteiger partial charge in [-0.05, 0) is 88.5 Å². The van der Waals surface area contributed by atoms with E-state index in [1.165, 1.54) is 0 Å². The molecule has 0 aromatic carbocycles. The third kappa shape index (κ3) is 6.13. The minimum Gasteiger partial charge on any atom is -0.463 e. The topological polar surface area (TPSA) is 152 Å². The predicted molar refractivity (Wildman–Crippen MR) is 168 cm³/mol. The highest BCUT2D eigenvalue weighted by atomic mass is 16.7. The first-order chi connectivity index (χ1) is 21.7. The van der Waals surface area contributed by atoms with Crippen molar-refractivity contribution in [3.8, 4) is 0 Å². The van der Waals surface area contributed by atoms with Crippen molar-refractivity contribution in [3.05, 3.63) is 23.3 Å². The van der Waals surface area contributed by atoms with E-state index in [2.05, 4.69) is 29.7 Å². The molecular formula is C36H57N3O6+2. The molecule has 6 aliphatic rings. The number of epoxide rings is 1. The maximum atomic E-state index is 14.3. The Morgan fingerprint density at radius 3 is 2.64 bits per heavy atom. The molecule has 0 aromatic rings. The number of esters is 1. The molecule has 0 amide bonds. The quantitative estimate of drug-likeness (QED) is 0.118. The maximum Gasteiger partial charge on any atom is 0.350 e. The average molecular weight is 628 g/mol. The van der Waals surface area contributed by atoms with Crippen molar-refractivity contribution >= 4 is 17.5 Å². The van der Waals surface area contributed by atoms with Crippen LogP contribution in [0.15, 0.2) is 23.3 Å². The van der Waals surface area contributed by atoms with E-state index in [4.69, 9.17) is 15.2 Å². The molecule has 10 atom stereocenters. The number of aliphatic hydroxyl groups excluding tert-OH is 1. The molecule has 2 heterocycles. The van der Waals surface area contributed by atoms with E-state index in [1.807, 2.05) is 6.92 Å². The number of aliphatic hydroxyl groups is 1. The zero-order chi connectivity index (χ0) is 31.8. The summed E-state index contributed by atoms with van der Waals surface area (Å²) in [4.78, 5) is 42.7. The fraction of sp³-hybridized carbons (Fsp3) is 0.806. The molecule has 4 unspecified atom stereocenters. The van der Waals surface area contributed by atoms with Gasteiger partial charge >= 0.3 is 5.97 Å². The lowest BCUT2D eigenvalue weighted by Gasteiger charge is -2.40. The van der Waals surface area contributed by atoms with Crippen molar-refractivity contribution in [2.45, 2.75) is 121 Å². The molecule has 6 rings (SSSR count). The molecule has 0 aromatic heterocycles. The number of ether oxygens (including phenoxy) is 2. The van der Waals surface area contributed by atoms with E-state index < -0.39 is 29.0 Å². The molecule has 9 heteroatoms. The van der Waals surface area contributed by atoms with Crippen LogP contribution < -0.4 is 16.4 Å². The summed E-state index contributed by atoms with van der Waals surface area (Å²) in [5, 5.41) is 15.1. The monoisotopic (exact) mass is 627 g/mol. The summed E-state index contributed by atoms with van der Waals surface area (Å²) in [5.74, 6) is -0.103. The molecule has 3 saturated carbocycles. The van der Waals surface area contributed by atoms with Crippen LogP contribution in [0.25, 0.3) is 0 Å². The highest BCUT2D eigenvalue weighted by Crippen LogP contribution is 2.62. The predicted octanol–water partition coefficient (Wildman–Crippen LogP) is 1.68. The Morgan fingerprint density at radius 1 is 1.13 bits per heavy atom. The number of allylic oxidation sites excluding steroid dienone is 3. The molecule has 250 valence electrons. The molecule has 0 bridgehead atoms. The minimum absolute atomic E-state index is 0.0714. The van der Waals surface area contributed by atoms with Gasteiger partial charge in [-0.1, -0.05) is 30.6 Å². The maximum absolute atomic E-state index is 14.3. The molecule has 4 aliphatic carbocycles. The molecule has 45 heavy (non-hydrogen) atoms. The van der Waals surface area contributed by atoms with Gasteiger partial charge in [-0.2, -0.15) is 0 Å². The molecule has 0 spiro atoms. The number of hydrogen-bond acceptors (Lipinski definition) is 7. The first-order valence-electron chi connectivity index (χ1n) is 18.1. The fourth-order valence-electron chi connectivity index (χ4n) is 9.88. The highest BCUT2D eigenvalue weighted by Gasteiger charge is 2.87. The summed E-state index contributed by atoms with van der Waals surface area (Å²) in [6.45, 7) is 6.15. The average Bonchev–Trinajstić information content (AvgIpc) is 3.75. The second-order valence-electron chi connectivity index (χ2n) is 15.2. The van der Waals surface area contributed by atoms with Crippen LogP contribution in [0, 0.1) is 35.5 Å². The number of ketones is 2. The standard InChI is InChI=1S/C36H55N3O6/c1-3-38-30-18-25-9-5-4-8-24(25)17-26(30)21-44-34(43)36-33(42)29-11-7-6-10-28(29)32(41)35(36,45-36)19-27(20-40)22(2)12-13-23-14-15-39-31(37)16-23/h5,9,23-26,28-31,38-40H,3-4,6-8,10-21,37H2,1-2H3/p+2/t23?,24-,25-,26+,28?,29?,30+,31?,35-,36-/m0/s1. The molecule has 0 radical (unpaired) electrons. The van der Waals surface area contributed by atoms with E-state index in [-0.39, 0.29) is 43.3 Å². The van der Waals surface area contributed by atoms with E-state index in [1.54, 1.807) is 0 Å². The van der Waals surface area contributed by atoms with Gasteiger partial charge in [0.2, 0.25) is 0 Å². The fourth-order valence-corrected chi connectivity index (χ4v) is 9.88. The normalized spacial score (nSPS) is 41.4. The molecule has 2 saturated heterocycles. The van der Waals surface area contributed by atoms with Gasteiger partial charge in [0.1, 0.15) is 6.17 Å². The van der Waals surface area contributed by atoms with Crippen LogP contribution in [-0.4, -0.2) is 72.4 Å². The molecular weight excluding hydrogens is 570 g/mol. The van der Waals surface area contributed by atoms with Crippen LogP contribution in [0.5, 0.6) is 0 Å². The van der Waals surface area contributed by atoms with E-state index in [9.17, 15) is 19.5 Å². The zero-order valence-electron chi connectivity index (χ0n) is 27.5. The Balaban J connectivity index is 1.21. The lowest BCUT2D eigenvalue weighted by molar-refractivity contribution is -0.699. The Bertz CT molecular complexity index is 1200. The second-order valence-corrected chi connectivity index (χ2v) is 15.2. The number of rotatable bonds is 11. The number of nitrogens with two attached hydrogens (primary N) is 3. The van der Waals surface area contributed by atoms with Gasteiger partial charge in [-0.3, -0.25) is 15.3 Å². The van der Waals surface area contributed by atoms with Crippen LogP contribution in [0.1, 0.15) is 97.3 Å². The van der Waals surface area contributed by atoms with Crippen LogP contribution in [0.3, 0.4) is 0 Å². The third-order valence-corrected chi connectivity index (χ3v) is 12.6. The Morgan fingerprint density at radius 2 is 1.91 bits per heavy atom. The van der Waals surface area contributed by atoms with Crippen molar-refractivity contribution in [3.63, 3.8) is 0 Å². The first kappa shape index (κ1) is 33.0. The Labute approximate surface area is 268 Å². The van der Waals surface area contributed by atoms with Crippen molar-refractivity contribution < 1.29 is 39.6 Å². The number of carbonyl (C=O) groups excluding carboxylic acids is 3. The van der Waals surface area contributed by atoms with Gasteiger partial charge in [-0.25, -0.2) is 4.79 Å². The van der Waals surface area contributed by atoms with E-state index >= 15 is 0 Å². The molecule has 7 N–H and O–H groups in total. The first-order valence-corrected chi connectivity index (χ1v) is 18.1. The summed E-state index contributed by atoms with van der Waals surface area (Å²) >= 11 is 0. The number of piperidine rings is 1. The smallest absolute Gasteiger partial charge is 0.350 e.